The second kappa shape index (κ2) is 7.64. The Morgan fingerprint density at radius 3 is 2.11 bits per heavy atom. The van der Waals surface area contributed by atoms with E-state index in [0.717, 1.165) is 32.2 Å². The van der Waals surface area contributed by atoms with Crippen LogP contribution in [0, 0.1) is 5.92 Å². The quantitative estimate of drug-likeness (QED) is 0.750. The molecule has 2 atom stereocenters. The molecule has 1 aliphatic carbocycles. The van der Waals surface area contributed by atoms with Crippen molar-refractivity contribution in [3.05, 3.63) is 35.9 Å². The van der Waals surface area contributed by atoms with E-state index in [4.69, 9.17) is 0 Å². The highest BCUT2D eigenvalue weighted by Gasteiger charge is 2.37. The maximum absolute atomic E-state index is 10.4. The summed E-state index contributed by atoms with van der Waals surface area (Å²) in [6.45, 7) is 5.55. The summed E-state index contributed by atoms with van der Waals surface area (Å²) in [5.74, 6) is 0.825. The van der Waals surface area contributed by atoms with Crippen LogP contribution in [0.25, 0.3) is 0 Å². The molecule has 2 rings (SSSR count). The number of aldehydes is 1. The fourth-order valence-electron chi connectivity index (χ4n) is 1.82. The predicted octanol–water partition coefficient (Wildman–Crippen LogP) is 2.47. The molecule has 3 nitrogen and oxygen atoms in total. The van der Waals surface area contributed by atoms with Crippen molar-refractivity contribution in [2.24, 2.45) is 5.92 Å². The first-order valence-electron chi connectivity index (χ1n) is 6.46. The van der Waals surface area contributed by atoms with Crippen LogP contribution in [0.5, 0.6) is 0 Å². The molecule has 1 aliphatic rings. The van der Waals surface area contributed by atoms with Gasteiger partial charge in [0.05, 0.1) is 0 Å². The van der Waals surface area contributed by atoms with E-state index < -0.39 is 0 Å². The number of hydrogen-bond acceptors (Lipinski definition) is 2. The zero-order chi connectivity index (χ0) is 13.4. The Morgan fingerprint density at radius 1 is 1.17 bits per heavy atom. The molecule has 1 aromatic rings. The van der Waals surface area contributed by atoms with Crippen LogP contribution in [0.15, 0.2) is 30.3 Å². The van der Waals surface area contributed by atoms with Crippen LogP contribution in [-0.4, -0.2) is 30.7 Å². The maximum atomic E-state index is 10.4. The number of benzene rings is 1. The van der Waals surface area contributed by atoms with Gasteiger partial charge in [-0.3, -0.25) is 4.79 Å². The Hall–Kier alpha value is -1.64. The van der Waals surface area contributed by atoms with E-state index in [-0.39, 0.29) is 0 Å². The third-order valence-electron chi connectivity index (χ3n) is 3.20. The largest absolute Gasteiger partial charge is 0.346 e. The lowest BCUT2D eigenvalue weighted by atomic mass is 10.1. The molecule has 0 bridgehead atoms. The molecule has 1 aromatic carbocycles. The molecule has 18 heavy (non-hydrogen) atoms. The van der Waals surface area contributed by atoms with Gasteiger partial charge in [-0.25, -0.2) is 0 Å². The van der Waals surface area contributed by atoms with E-state index >= 15 is 0 Å². The molecule has 0 N–H and O–H groups in total. The highest BCUT2D eigenvalue weighted by Crippen LogP contribution is 2.45. The van der Waals surface area contributed by atoms with Crippen LogP contribution >= 0.6 is 0 Å². The minimum Gasteiger partial charge on any atom is -0.346 e. The van der Waals surface area contributed by atoms with Crippen molar-refractivity contribution in [1.29, 1.82) is 0 Å². The first-order valence-corrected chi connectivity index (χ1v) is 6.46. The topological polar surface area (TPSA) is 37.4 Å². The van der Waals surface area contributed by atoms with Crippen LogP contribution in [0.3, 0.4) is 0 Å². The zero-order valence-corrected chi connectivity index (χ0v) is 11.1. The molecule has 0 spiro atoms. The molecule has 0 aliphatic heterocycles. The van der Waals surface area contributed by atoms with Crippen LogP contribution in [0.2, 0.25) is 0 Å². The van der Waals surface area contributed by atoms with Gasteiger partial charge in [0.2, 0.25) is 6.41 Å². The van der Waals surface area contributed by atoms with Gasteiger partial charge in [-0.2, -0.15) is 0 Å². The van der Waals surface area contributed by atoms with Gasteiger partial charge >= 0.3 is 0 Å². The molecule has 0 saturated heterocycles. The minimum absolute atomic E-state index is 0.303. The lowest BCUT2D eigenvalue weighted by Crippen LogP contribution is -2.19. The third kappa shape index (κ3) is 4.32. The molecule has 0 unspecified atom stereocenters. The molecule has 0 aromatic heterocycles. The Morgan fingerprint density at radius 2 is 1.78 bits per heavy atom. The summed E-state index contributed by atoms with van der Waals surface area (Å²) < 4.78 is 0. The average Bonchev–Trinajstić information content (AvgIpc) is 3.22. The summed E-state index contributed by atoms with van der Waals surface area (Å²) in [6, 6.07) is 10.2. The van der Waals surface area contributed by atoms with Gasteiger partial charge in [-0.05, 0) is 31.7 Å². The van der Waals surface area contributed by atoms with E-state index in [0.29, 0.717) is 11.8 Å². The smallest absolute Gasteiger partial charge is 0.209 e. The van der Waals surface area contributed by atoms with Crippen molar-refractivity contribution >= 4 is 12.7 Å². The summed E-state index contributed by atoms with van der Waals surface area (Å²) in [5.41, 5.74) is 1.31. The molecular formula is C15H21NO2. The van der Waals surface area contributed by atoms with Crippen LogP contribution in [-0.2, 0) is 9.59 Å². The average molecular weight is 247 g/mol. The third-order valence-corrected chi connectivity index (χ3v) is 3.20. The summed E-state index contributed by atoms with van der Waals surface area (Å²) in [5, 5.41) is 0. The van der Waals surface area contributed by atoms with E-state index in [1.165, 1.54) is 5.56 Å². The standard InChI is InChI=1S/C10H10O.C5H11NO/c11-7-9-6-10(9)8-4-2-1-3-5-8;1-3-6(4-2)5-7/h1-5,7,9-10H,6H2;5H,3-4H2,1-2H3/t9-,10+;/m1./s1. The van der Waals surface area contributed by atoms with Crippen molar-refractivity contribution in [3.8, 4) is 0 Å². The van der Waals surface area contributed by atoms with Crippen molar-refractivity contribution in [1.82, 2.24) is 4.90 Å². The highest BCUT2D eigenvalue weighted by atomic mass is 16.1. The number of carbonyl (C=O) groups is 2. The number of rotatable bonds is 5. The molecule has 3 heteroatoms. The van der Waals surface area contributed by atoms with Gasteiger partial charge in [0.25, 0.3) is 0 Å². The molecule has 1 fully saturated rings. The van der Waals surface area contributed by atoms with Crippen LogP contribution in [0.1, 0.15) is 31.7 Å². The first-order chi connectivity index (χ1) is 8.76. The van der Waals surface area contributed by atoms with Crippen molar-refractivity contribution in [2.45, 2.75) is 26.2 Å². The Kier molecular flexibility index (Phi) is 6.12. The SMILES string of the molecule is CCN(C=O)CC.O=C[C@H]1C[C@H]1c1ccccc1. The molecule has 1 amide bonds. The number of hydrogen-bond donors (Lipinski definition) is 0. The molecule has 0 radical (unpaired) electrons. The second-order valence-corrected chi connectivity index (χ2v) is 4.38. The van der Waals surface area contributed by atoms with Crippen molar-refractivity contribution in [3.63, 3.8) is 0 Å². The molecule has 98 valence electrons. The van der Waals surface area contributed by atoms with Crippen LogP contribution < -0.4 is 0 Å². The monoisotopic (exact) mass is 247 g/mol. The van der Waals surface area contributed by atoms with Crippen molar-refractivity contribution in [2.75, 3.05) is 13.1 Å². The number of carbonyl (C=O) groups excluding carboxylic acids is 2. The Labute approximate surface area is 109 Å². The highest BCUT2D eigenvalue weighted by molar-refractivity contribution is 5.61. The number of nitrogens with zero attached hydrogens (tertiary/aromatic N) is 1. The number of amides is 1. The molecule has 0 heterocycles. The van der Waals surface area contributed by atoms with E-state index in [2.05, 4.69) is 12.1 Å². The van der Waals surface area contributed by atoms with Gasteiger partial charge in [0.1, 0.15) is 6.29 Å². The first kappa shape index (κ1) is 14.4. The van der Waals surface area contributed by atoms with Gasteiger partial charge in [0.15, 0.2) is 0 Å². The molecule has 1 saturated carbocycles. The lowest BCUT2D eigenvalue weighted by molar-refractivity contribution is -0.117. The van der Waals surface area contributed by atoms with E-state index in [1.54, 1.807) is 4.90 Å². The van der Waals surface area contributed by atoms with Gasteiger partial charge < -0.3 is 9.69 Å². The van der Waals surface area contributed by atoms with Gasteiger partial charge in [-0.1, -0.05) is 30.3 Å². The maximum Gasteiger partial charge on any atom is 0.209 e. The summed E-state index contributed by atoms with van der Waals surface area (Å²) >= 11 is 0. The fourth-order valence-corrected chi connectivity index (χ4v) is 1.82. The zero-order valence-electron chi connectivity index (χ0n) is 11.1. The van der Waals surface area contributed by atoms with E-state index in [1.807, 2.05) is 32.0 Å². The minimum atomic E-state index is 0.303. The van der Waals surface area contributed by atoms with E-state index in [9.17, 15) is 9.59 Å². The normalized spacial score (nSPS) is 20.3. The Balaban J connectivity index is 0.000000203. The van der Waals surface area contributed by atoms with Crippen molar-refractivity contribution < 1.29 is 9.59 Å². The summed E-state index contributed by atoms with van der Waals surface area (Å²) in [6.07, 6.45) is 2.98. The fraction of sp³-hybridized carbons (Fsp3) is 0.467. The van der Waals surface area contributed by atoms with Gasteiger partial charge in [-0.15, -0.1) is 0 Å². The predicted molar refractivity (Wildman–Crippen MR) is 72.3 cm³/mol. The Bertz CT molecular complexity index is 360. The molecular weight excluding hydrogens is 226 g/mol. The summed E-state index contributed by atoms with van der Waals surface area (Å²) in [4.78, 5) is 21.9. The summed E-state index contributed by atoms with van der Waals surface area (Å²) in [7, 11) is 0. The second-order valence-electron chi connectivity index (χ2n) is 4.38. The van der Waals surface area contributed by atoms with Gasteiger partial charge in [0, 0.05) is 19.0 Å². The lowest BCUT2D eigenvalue weighted by Gasteiger charge is -2.08. The van der Waals surface area contributed by atoms with Crippen LogP contribution in [0.4, 0.5) is 0 Å².